The van der Waals surface area contributed by atoms with Gasteiger partial charge in [0.1, 0.15) is 6.07 Å². The number of aromatic amines is 1. The molecule has 0 unspecified atom stereocenters. The van der Waals surface area contributed by atoms with Gasteiger partial charge in [-0.05, 0) is 25.8 Å². The lowest BCUT2D eigenvalue weighted by Gasteiger charge is -2.31. The fraction of sp³-hybridized carbons (Fsp3) is 0.333. The predicted octanol–water partition coefficient (Wildman–Crippen LogP) is 3.53. The zero-order valence-corrected chi connectivity index (χ0v) is 16.2. The summed E-state index contributed by atoms with van der Waals surface area (Å²) in [6.07, 6.45) is 4.73. The standard InChI is InChI=1S/C21H22N6O2/c1-2-29-21(28)27-9-7-15(8-10-27)25-20-24-12-14(11-22)19(26-20)17-13-23-18-6-4-3-5-16(17)18/h3-6,12-13,15,23H,2,7-10H2,1H3,(H,24,25,26). The molecule has 1 amide bonds. The molecule has 8 heteroatoms. The van der Waals surface area contributed by atoms with E-state index >= 15 is 0 Å². The number of nitrogens with one attached hydrogen (secondary N) is 2. The van der Waals surface area contributed by atoms with Gasteiger partial charge in [-0.1, -0.05) is 18.2 Å². The van der Waals surface area contributed by atoms with Gasteiger partial charge in [-0.3, -0.25) is 0 Å². The molecule has 1 fully saturated rings. The van der Waals surface area contributed by atoms with E-state index in [9.17, 15) is 10.1 Å². The number of para-hydroxylation sites is 1. The highest BCUT2D eigenvalue weighted by Gasteiger charge is 2.24. The Hall–Kier alpha value is -3.60. The topological polar surface area (TPSA) is 107 Å². The highest BCUT2D eigenvalue weighted by atomic mass is 16.6. The van der Waals surface area contributed by atoms with Gasteiger partial charge in [0.25, 0.3) is 0 Å². The molecule has 2 N–H and O–H groups in total. The van der Waals surface area contributed by atoms with Crippen molar-refractivity contribution in [3.8, 4) is 17.3 Å². The second kappa shape index (κ2) is 8.19. The predicted molar refractivity (Wildman–Crippen MR) is 109 cm³/mol. The summed E-state index contributed by atoms with van der Waals surface area (Å²) >= 11 is 0. The van der Waals surface area contributed by atoms with Gasteiger partial charge in [0, 0.05) is 41.8 Å². The highest BCUT2D eigenvalue weighted by Crippen LogP contribution is 2.30. The zero-order valence-electron chi connectivity index (χ0n) is 16.2. The molecule has 0 saturated carbocycles. The van der Waals surface area contributed by atoms with Crippen LogP contribution in [0.25, 0.3) is 22.2 Å². The first-order chi connectivity index (χ1) is 14.2. The first-order valence-corrected chi connectivity index (χ1v) is 9.71. The lowest BCUT2D eigenvalue weighted by molar-refractivity contribution is 0.0983. The van der Waals surface area contributed by atoms with Crippen molar-refractivity contribution in [2.45, 2.75) is 25.8 Å². The Kier molecular flexibility index (Phi) is 5.29. The van der Waals surface area contributed by atoms with Crippen LogP contribution in [0.2, 0.25) is 0 Å². The van der Waals surface area contributed by atoms with E-state index in [-0.39, 0.29) is 12.1 Å². The third kappa shape index (κ3) is 3.85. The average Bonchev–Trinajstić information content (AvgIpc) is 3.18. The summed E-state index contributed by atoms with van der Waals surface area (Å²) in [5.74, 6) is 0.485. The molecule has 3 heterocycles. The lowest BCUT2D eigenvalue weighted by Crippen LogP contribution is -2.42. The summed E-state index contributed by atoms with van der Waals surface area (Å²) in [5.41, 5.74) is 2.90. The van der Waals surface area contributed by atoms with Crippen molar-refractivity contribution in [3.05, 3.63) is 42.2 Å². The Bertz CT molecular complexity index is 1060. The molecule has 29 heavy (non-hydrogen) atoms. The van der Waals surface area contributed by atoms with E-state index in [4.69, 9.17) is 4.74 Å². The molecular formula is C21H22N6O2. The largest absolute Gasteiger partial charge is 0.450 e. The van der Waals surface area contributed by atoms with Gasteiger partial charge in [-0.25, -0.2) is 14.8 Å². The number of ether oxygens (including phenoxy) is 1. The van der Waals surface area contributed by atoms with Crippen molar-refractivity contribution in [3.63, 3.8) is 0 Å². The Morgan fingerprint density at radius 2 is 2.17 bits per heavy atom. The molecule has 148 valence electrons. The van der Waals surface area contributed by atoms with Crippen LogP contribution in [0.15, 0.2) is 36.7 Å². The molecule has 1 aromatic carbocycles. The molecule has 0 bridgehead atoms. The van der Waals surface area contributed by atoms with Crippen LogP contribution in [0.4, 0.5) is 10.7 Å². The maximum absolute atomic E-state index is 11.8. The minimum absolute atomic E-state index is 0.157. The number of anilines is 1. The number of rotatable bonds is 4. The normalized spacial score (nSPS) is 14.6. The maximum atomic E-state index is 11.8. The number of piperidine rings is 1. The third-order valence-corrected chi connectivity index (χ3v) is 5.11. The molecule has 0 spiro atoms. The fourth-order valence-corrected chi connectivity index (χ4v) is 3.61. The number of hydrogen-bond acceptors (Lipinski definition) is 6. The van der Waals surface area contributed by atoms with Crippen LogP contribution < -0.4 is 5.32 Å². The van der Waals surface area contributed by atoms with Crippen molar-refractivity contribution in [2.75, 3.05) is 25.0 Å². The monoisotopic (exact) mass is 390 g/mol. The van der Waals surface area contributed by atoms with Crippen LogP contribution in [0, 0.1) is 11.3 Å². The third-order valence-electron chi connectivity index (χ3n) is 5.11. The smallest absolute Gasteiger partial charge is 0.409 e. The molecule has 4 rings (SSSR count). The summed E-state index contributed by atoms with van der Waals surface area (Å²) in [4.78, 5) is 25.7. The summed E-state index contributed by atoms with van der Waals surface area (Å²) < 4.78 is 5.06. The minimum atomic E-state index is -0.262. The zero-order chi connectivity index (χ0) is 20.2. The van der Waals surface area contributed by atoms with E-state index in [0.717, 1.165) is 29.3 Å². The van der Waals surface area contributed by atoms with Gasteiger partial charge in [-0.15, -0.1) is 0 Å². The van der Waals surface area contributed by atoms with E-state index < -0.39 is 0 Å². The Balaban J connectivity index is 1.52. The average molecular weight is 390 g/mol. The summed E-state index contributed by atoms with van der Waals surface area (Å²) in [7, 11) is 0. The number of aromatic nitrogens is 3. The molecular weight excluding hydrogens is 368 g/mol. The maximum Gasteiger partial charge on any atom is 0.409 e. The van der Waals surface area contributed by atoms with Gasteiger partial charge < -0.3 is 19.9 Å². The Morgan fingerprint density at radius 1 is 1.38 bits per heavy atom. The van der Waals surface area contributed by atoms with Crippen LogP contribution in [0.5, 0.6) is 0 Å². The van der Waals surface area contributed by atoms with Crippen LogP contribution in [0.1, 0.15) is 25.3 Å². The second-order valence-electron chi connectivity index (χ2n) is 6.92. The first kappa shape index (κ1) is 18.7. The molecule has 1 aliphatic rings. The number of hydrogen-bond donors (Lipinski definition) is 2. The second-order valence-corrected chi connectivity index (χ2v) is 6.92. The molecule has 1 aliphatic heterocycles. The molecule has 0 aliphatic carbocycles. The number of nitrogens with zero attached hydrogens (tertiary/aromatic N) is 4. The van der Waals surface area contributed by atoms with Crippen LogP contribution in [-0.2, 0) is 4.74 Å². The number of carbonyl (C=O) groups excluding carboxylic acids is 1. The SMILES string of the molecule is CCOC(=O)N1CCC(Nc2ncc(C#N)c(-c3c[nH]c4ccccc34)n2)CC1. The quantitative estimate of drug-likeness (QED) is 0.706. The first-order valence-electron chi connectivity index (χ1n) is 9.71. The van der Waals surface area contributed by atoms with E-state index in [1.807, 2.05) is 30.5 Å². The van der Waals surface area contributed by atoms with E-state index in [0.29, 0.717) is 36.9 Å². The van der Waals surface area contributed by atoms with Crippen LogP contribution in [0.3, 0.4) is 0 Å². The van der Waals surface area contributed by atoms with Crippen molar-refractivity contribution < 1.29 is 9.53 Å². The number of nitriles is 1. The van der Waals surface area contributed by atoms with E-state index in [2.05, 4.69) is 26.3 Å². The molecule has 2 aromatic heterocycles. The highest BCUT2D eigenvalue weighted by molar-refractivity contribution is 5.95. The molecule has 0 radical (unpaired) electrons. The number of fused-ring (bicyclic) bond motifs is 1. The fourth-order valence-electron chi connectivity index (χ4n) is 3.61. The summed E-state index contributed by atoms with van der Waals surface area (Å²) in [5, 5.41) is 13.9. The van der Waals surface area contributed by atoms with Gasteiger partial charge in [0.05, 0.1) is 24.1 Å². The van der Waals surface area contributed by atoms with Crippen molar-refractivity contribution >= 4 is 22.9 Å². The summed E-state index contributed by atoms with van der Waals surface area (Å²) in [6, 6.07) is 10.3. The number of carbonyl (C=O) groups is 1. The number of amides is 1. The number of likely N-dealkylation sites (tertiary alicyclic amines) is 1. The van der Waals surface area contributed by atoms with Crippen LogP contribution >= 0.6 is 0 Å². The molecule has 3 aromatic rings. The Morgan fingerprint density at radius 3 is 2.93 bits per heavy atom. The number of benzene rings is 1. The van der Waals surface area contributed by atoms with Gasteiger partial charge in [0.2, 0.25) is 5.95 Å². The van der Waals surface area contributed by atoms with E-state index in [1.165, 1.54) is 0 Å². The van der Waals surface area contributed by atoms with Crippen molar-refractivity contribution in [1.29, 1.82) is 5.26 Å². The van der Waals surface area contributed by atoms with Crippen LogP contribution in [-0.4, -0.2) is 51.7 Å². The molecule has 0 atom stereocenters. The molecule has 1 saturated heterocycles. The van der Waals surface area contributed by atoms with Crippen molar-refractivity contribution in [2.24, 2.45) is 0 Å². The van der Waals surface area contributed by atoms with Gasteiger partial charge in [0.15, 0.2) is 0 Å². The molecule has 8 nitrogen and oxygen atoms in total. The Labute approximate surface area is 168 Å². The lowest BCUT2D eigenvalue weighted by atomic mass is 10.1. The number of H-pyrrole nitrogens is 1. The van der Waals surface area contributed by atoms with Gasteiger partial charge >= 0.3 is 6.09 Å². The van der Waals surface area contributed by atoms with Crippen molar-refractivity contribution in [1.82, 2.24) is 19.9 Å². The van der Waals surface area contributed by atoms with E-state index in [1.54, 1.807) is 18.0 Å². The summed E-state index contributed by atoms with van der Waals surface area (Å²) in [6.45, 7) is 3.44. The minimum Gasteiger partial charge on any atom is -0.450 e. The van der Waals surface area contributed by atoms with Gasteiger partial charge in [-0.2, -0.15) is 5.26 Å².